The first-order chi connectivity index (χ1) is 6.72. The molecule has 0 saturated carbocycles. The molecule has 1 aromatic heterocycles. The van der Waals surface area contributed by atoms with Crippen molar-refractivity contribution in [1.82, 2.24) is 4.98 Å². The molecule has 0 aromatic carbocycles. The highest BCUT2D eigenvalue weighted by Gasteiger charge is 2.03. The summed E-state index contributed by atoms with van der Waals surface area (Å²) in [6.07, 6.45) is 4.25. The van der Waals surface area contributed by atoms with Crippen LogP contribution in [0.4, 0.5) is 0 Å². The van der Waals surface area contributed by atoms with Crippen molar-refractivity contribution in [3.8, 4) is 0 Å². The van der Waals surface area contributed by atoms with Crippen molar-refractivity contribution >= 4 is 17.1 Å². The lowest BCUT2D eigenvalue weighted by atomic mass is 10.3. The van der Waals surface area contributed by atoms with Gasteiger partial charge in [0.2, 0.25) is 0 Å². The van der Waals surface area contributed by atoms with E-state index in [1.165, 1.54) is 0 Å². The summed E-state index contributed by atoms with van der Waals surface area (Å²) in [7, 11) is 1.70. The Hall–Kier alpha value is -0.740. The van der Waals surface area contributed by atoms with Gasteiger partial charge in [-0.25, -0.2) is 4.98 Å². The van der Waals surface area contributed by atoms with Crippen LogP contribution in [-0.2, 0) is 22.4 Å². The van der Waals surface area contributed by atoms with Gasteiger partial charge >= 0.3 is 0 Å². The van der Waals surface area contributed by atoms with E-state index >= 15 is 0 Å². The Morgan fingerprint density at radius 2 is 2.43 bits per heavy atom. The second-order valence-corrected chi connectivity index (χ2v) is 4.40. The summed E-state index contributed by atoms with van der Waals surface area (Å²) in [6.45, 7) is 2.37. The Morgan fingerprint density at radius 3 is 3.07 bits per heavy atom. The number of aromatic nitrogens is 1. The molecule has 4 heteroatoms. The molecule has 0 aliphatic rings. The van der Waals surface area contributed by atoms with Gasteiger partial charge in [-0.05, 0) is 13.3 Å². The third-order valence-corrected chi connectivity index (χ3v) is 2.82. The van der Waals surface area contributed by atoms with Gasteiger partial charge in [0, 0.05) is 37.6 Å². The van der Waals surface area contributed by atoms with Crippen molar-refractivity contribution in [1.29, 1.82) is 0 Å². The number of hydrogen-bond acceptors (Lipinski definition) is 4. The number of Topliss-reactive ketones (excluding diaryl/α,β-unsaturated/α-hetero) is 1. The Bertz CT molecular complexity index is 296. The summed E-state index contributed by atoms with van der Waals surface area (Å²) < 4.78 is 4.96. The van der Waals surface area contributed by atoms with Crippen molar-refractivity contribution in [3.05, 3.63) is 16.1 Å². The van der Waals surface area contributed by atoms with Gasteiger partial charge in [-0.3, -0.25) is 4.79 Å². The lowest BCUT2D eigenvalue weighted by molar-refractivity contribution is -0.116. The largest absolute Gasteiger partial charge is 0.385 e. The van der Waals surface area contributed by atoms with Gasteiger partial charge in [0.25, 0.3) is 0 Å². The number of carbonyl (C=O) groups is 1. The minimum atomic E-state index is 0.192. The van der Waals surface area contributed by atoms with Gasteiger partial charge in [-0.15, -0.1) is 11.3 Å². The number of ketones is 1. The average Bonchev–Trinajstić information content (AvgIpc) is 2.52. The highest BCUT2D eigenvalue weighted by molar-refractivity contribution is 7.11. The van der Waals surface area contributed by atoms with Crippen molar-refractivity contribution in [2.45, 2.75) is 26.2 Å². The zero-order valence-electron chi connectivity index (χ0n) is 8.58. The number of methoxy groups -OCH3 is 1. The van der Waals surface area contributed by atoms with Gasteiger partial charge < -0.3 is 4.74 Å². The van der Waals surface area contributed by atoms with E-state index < -0.39 is 0 Å². The van der Waals surface area contributed by atoms with Crippen LogP contribution < -0.4 is 0 Å². The molecule has 0 radical (unpaired) electrons. The Labute approximate surface area is 88.1 Å². The summed E-state index contributed by atoms with van der Waals surface area (Å²) in [6, 6.07) is 0. The normalized spacial score (nSPS) is 10.4. The maximum absolute atomic E-state index is 10.8. The summed E-state index contributed by atoms with van der Waals surface area (Å²) in [4.78, 5) is 16.2. The van der Waals surface area contributed by atoms with E-state index in [1.807, 2.05) is 0 Å². The van der Waals surface area contributed by atoms with E-state index in [0.717, 1.165) is 29.3 Å². The molecule has 0 amide bonds. The number of rotatable bonds is 6. The molecule has 0 spiro atoms. The molecule has 1 aromatic rings. The molecule has 78 valence electrons. The lowest BCUT2D eigenvalue weighted by Gasteiger charge is -1.94. The predicted molar refractivity (Wildman–Crippen MR) is 56.7 cm³/mol. The highest BCUT2D eigenvalue weighted by atomic mass is 32.1. The molecule has 0 fully saturated rings. The van der Waals surface area contributed by atoms with Gasteiger partial charge in [-0.2, -0.15) is 0 Å². The molecular formula is C10H15NO2S. The number of thiazole rings is 1. The molecule has 0 N–H and O–H groups in total. The number of aryl methyl sites for hydroxylation is 1. The summed E-state index contributed by atoms with van der Waals surface area (Å²) in [5, 5.41) is 1.10. The maximum atomic E-state index is 10.8. The first kappa shape index (κ1) is 11.3. The summed E-state index contributed by atoms with van der Waals surface area (Å²) in [5.41, 5.74) is 0. The van der Waals surface area contributed by atoms with E-state index in [-0.39, 0.29) is 5.78 Å². The van der Waals surface area contributed by atoms with Crippen molar-refractivity contribution in [2.75, 3.05) is 13.7 Å². The third-order valence-electron chi connectivity index (χ3n) is 1.76. The van der Waals surface area contributed by atoms with E-state index in [9.17, 15) is 4.79 Å². The monoisotopic (exact) mass is 213 g/mol. The molecule has 0 saturated heterocycles. The van der Waals surface area contributed by atoms with Gasteiger partial charge in [-0.1, -0.05) is 0 Å². The quantitative estimate of drug-likeness (QED) is 0.677. The van der Waals surface area contributed by atoms with Crippen LogP contribution in [0.3, 0.4) is 0 Å². The second kappa shape index (κ2) is 5.88. The van der Waals surface area contributed by atoms with Crippen LogP contribution in [-0.4, -0.2) is 24.5 Å². The fourth-order valence-corrected chi connectivity index (χ4v) is 2.19. The average molecular weight is 213 g/mol. The van der Waals surface area contributed by atoms with Crippen LogP contribution >= 0.6 is 11.3 Å². The second-order valence-electron chi connectivity index (χ2n) is 3.20. The van der Waals surface area contributed by atoms with Crippen molar-refractivity contribution in [3.63, 3.8) is 0 Å². The smallest absolute Gasteiger partial charge is 0.135 e. The Balaban J connectivity index is 2.38. The summed E-state index contributed by atoms with van der Waals surface area (Å²) >= 11 is 1.62. The van der Waals surface area contributed by atoms with Gasteiger partial charge in [0.1, 0.15) is 5.78 Å². The number of ether oxygens (including phenoxy) is 1. The lowest BCUT2D eigenvalue weighted by Crippen LogP contribution is -1.92. The minimum absolute atomic E-state index is 0.192. The van der Waals surface area contributed by atoms with Crippen molar-refractivity contribution in [2.24, 2.45) is 0 Å². The van der Waals surface area contributed by atoms with E-state index in [4.69, 9.17) is 4.74 Å². The minimum Gasteiger partial charge on any atom is -0.385 e. The van der Waals surface area contributed by atoms with E-state index in [2.05, 4.69) is 4.98 Å². The zero-order chi connectivity index (χ0) is 10.4. The molecule has 0 unspecified atom stereocenters. The number of hydrogen-bond donors (Lipinski definition) is 0. The fraction of sp³-hybridized carbons (Fsp3) is 0.600. The number of nitrogens with zero attached hydrogens (tertiary/aromatic N) is 1. The Kier molecular flexibility index (Phi) is 4.76. The maximum Gasteiger partial charge on any atom is 0.135 e. The molecule has 1 heterocycles. The fourth-order valence-electron chi connectivity index (χ4n) is 1.16. The first-order valence-corrected chi connectivity index (χ1v) is 5.46. The SMILES string of the molecule is COCCCc1ncc(CC(C)=O)s1. The molecule has 1 rings (SSSR count). The van der Waals surface area contributed by atoms with Crippen LogP contribution in [0.2, 0.25) is 0 Å². The van der Waals surface area contributed by atoms with Crippen LogP contribution in [0.25, 0.3) is 0 Å². The molecular weight excluding hydrogens is 198 g/mol. The van der Waals surface area contributed by atoms with Crippen LogP contribution in [0.1, 0.15) is 23.2 Å². The predicted octanol–water partition coefficient (Wildman–Crippen LogP) is 1.85. The van der Waals surface area contributed by atoms with Gasteiger partial charge in [0.15, 0.2) is 0 Å². The van der Waals surface area contributed by atoms with Crippen LogP contribution in [0.15, 0.2) is 6.20 Å². The summed E-state index contributed by atoms with van der Waals surface area (Å²) in [5.74, 6) is 0.192. The highest BCUT2D eigenvalue weighted by Crippen LogP contribution is 2.15. The molecule has 0 aliphatic carbocycles. The van der Waals surface area contributed by atoms with E-state index in [1.54, 1.807) is 31.6 Å². The zero-order valence-corrected chi connectivity index (χ0v) is 9.39. The van der Waals surface area contributed by atoms with Crippen molar-refractivity contribution < 1.29 is 9.53 Å². The van der Waals surface area contributed by atoms with Crippen LogP contribution in [0.5, 0.6) is 0 Å². The molecule has 3 nitrogen and oxygen atoms in total. The van der Waals surface area contributed by atoms with Gasteiger partial charge in [0.05, 0.1) is 5.01 Å². The molecule has 0 aliphatic heterocycles. The third kappa shape index (κ3) is 3.98. The molecule has 14 heavy (non-hydrogen) atoms. The standard InChI is InChI=1S/C10H15NO2S/c1-8(12)6-9-7-11-10(14-9)4-3-5-13-2/h7H,3-6H2,1-2H3. The number of carbonyl (C=O) groups excluding carboxylic acids is 1. The van der Waals surface area contributed by atoms with Crippen LogP contribution in [0, 0.1) is 0 Å². The topological polar surface area (TPSA) is 39.2 Å². The Morgan fingerprint density at radius 1 is 1.64 bits per heavy atom. The molecule has 0 atom stereocenters. The first-order valence-electron chi connectivity index (χ1n) is 4.64. The van der Waals surface area contributed by atoms with E-state index in [0.29, 0.717) is 6.42 Å². The molecule has 0 bridgehead atoms.